The van der Waals surface area contributed by atoms with E-state index in [-0.39, 0.29) is 17.7 Å². The summed E-state index contributed by atoms with van der Waals surface area (Å²) < 4.78 is 18.8. The molecule has 132 valence electrons. The van der Waals surface area contributed by atoms with Crippen molar-refractivity contribution in [1.29, 1.82) is 0 Å². The van der Waals surface area contributed by atoms with Gasteiger partial charge in [-0.25, -0.2) is 4.39 Å². The fraction of sp³-hybridized carbons (Fsp3) is 0.316. The largest absolute Gasteiger partial charge is 0.491 e. The maximum absolute atomic E-state index is 13.4. The minimum Gasteiger partial charge on any atom is -0.491 e. The Morgan fingerprint density at radius 3 is 2.92 bits per heavy atom. The van der Waals surface area contributed by atoms with E-state index < -0.39 is 5.82 Å². The molecule has 0 radical (unpaired) electrons. The van der Waals surface area contributed by atoms with Crippen LogP contribution in [0.1, 0.15) is 30.9 Å². The molecule has 5 nitrogen and oxygen atoms in total. The van der Waals surface area contributed by atoms with E-state index in [0.717, 1.165) is 24.2 Å². The topological polar surface area (TPSA) is 62.4 Å². The van der Waals surface area contributed by atoms with Gasteiger partial charge >= 0.3 is 0 Å². The SMILES string of the molecule is O=C(CCCOc1ccccc1F)Nc1cccc(C2CCNN2)c1. The number of carbonyl (C=O) groups excluding carboxylic acids is 1. The van der Waals surface area contributed by atoms with E-state index in [0.29, 0.717) is 19.4 Å². The Labute approximate surface area is 146 Å². The second kappa shape index (κ2) is 8.60. The third-order valence-electron chi connectivity index (χ3n) is 4.05. The number of rotatable bonds is 7. The van der Waals surface area contributed by atoms with Crippen molar-refractivity contribution < 1.29 is 13.9 Å². The molecule has 0 aromatic heterocycles. The highest BCUT2D eigenvalue weighted by atomic mass is 19.1. The molecule has 0 spiro atoms. The van der Waals surface area contributed by atoms with Crippen molar-refractivity contribution in [2.75, 3.05) is 18.5 Å². The van der Waals surface area contributed by atoms with Gasteiger partial charge in [0.05, 0.1) is 6.61 Å². The molecule has 2 aromatic carbocycles. The van der Waals surface area contributed by atoms with Crippen LogP contribution >= 0.6 is 0 Å². The lowest BCUT2D eigenvalue weighted by Gasteiger charge is -2.12. The van der Waals surface area contributed by atoms with Crippen LogP contribution in [0.4, 0.5) is 10.1 Å². The van der Waals surface area contributed by atoms with Crippen LogP contribution < -0.4 is 20.9 Å². The molecule has 1 fully saturated rings. The summed E-state index contributed by atoms with van der Waals surface area (Å²) in [6.07, 6.45) is 1.86. The van der Waals surface area contributed by atoms with Crippen LogP contribution in [-0.4, -0.2) is 19.1 Å². The molecule has 1 amide bonds. The molecule has 1 unspecified atom stereocenters. The fourth-order valence-electron chi connectivity index (χ4n) is 2.77. The lowest BCUT2D eigenvalue weighted by atomic mass is 10.0. The van der Waals surface area contributed by atoms with E-state index in [1.54, 1.807) is 18.2 Å². The first-order valence-electron chi connectivity index (χ1n) is 8.48. The highest BCUT2D eigenvalue weighted by molar-refractivity contribution is 5.90. The molecular formula is C19H22FN3O2. The summed E-state index contributed by atoms with van der Waals surface area (Å²) in [5, 5.41) is 2.90. The van der Waals surface area contributed by atoms with Crippen molar-refractivity contribution in [3.8, 4) is 5.75 Å². The Kier molecular flexibility index (Phi) is 5.98. The first-order valence-corrected chi connectivity index (χ1v) is 8.48. The number of anilines is 1. The van der Waals surface area contributed by atoms with Crippen LogP contribution in [0.5, 0.6) is 5.75 Å². The average molecular weight is 343 g/mol. The number of benzene rings is 2. The Morgan fingerprint density at radius 1 is 1.24 bits per heavy atom. The van der Waals surface area contributed by atoms with Crippen LogP contribution in [0, 0.1) is 5.82 Å². The highest BCUT2D eigenvalue weighted by Gasteiger charge is 2.16. The normalized spacial score (nSPS) is 16.6. The smallest absolute Gasteiger partial charge is 0.224 e. The predicted octanol–water partition coefficient (Wildman–Crippen LogP) is 3.16. The van der Waals surface area contributed by atoms with Crippen LogP contribution in [0.25, 0.3) is 0 Å². The zero-order valence-corrected chi connectivity index (χ0v) is 13.9. The van der Waals surface area contributed by atoms with Gasteiger partial charge in [-0.2, -0.15) is 0 Å². The number of nitrogens with one attached hydrogen (secondary N) is 3. The number of ether oxygens (including phenoxy) is 1. The van der Waals surface area contributed by atoms with Crippen molar-refractivity contribution in [2.24, 2.45) is 0 Å². The lowest BCUT2D eigenvalue weighted by Crippen LogP contribution is -2.24. The molecule has 1 heterocycles. The quantitative estimate of drug-likeness (QED) is 0.676. The predicted molar refractivity (Wildman–Crippen MR) is 94.7 cm³/mol. The Balaban J connectivity index is 1.43. The van der Waals surface area contributed by atoms with Crippen molar-refractivity contribution in [3.63, 3.8) is 0 Å². The summed E-state index contributed by atoms with van der Waals surface area (Å²) in [5.41, 5.74) is 8.24. The molecule has 2 aromatic rings. The summed E-state index contributed by atoms with van der Waals surface area (Å²) >= 11 is 0. The molecule has 3 rings (SSSR count). The average Bonchev–Trinajstić information content (AvgIpc) is 3.15. The Bertz CT molecular complexity index is 717. The molecule has 0 saturated carbocycles. The molecule has 1 aliphatic heterocycles. The zero-order chi connectivity index (χ0) is 17.5. The number of hydrazine groups is 1. The first-order chi connectivity index (χ1) is 12.2. The van der Waals surface area contributed by atoms with E-state index in [2.05, 4.69) is 16.2 Å². The number of para-hydroxylation sites is 1. The molecule has 1 atom stereocenters. The van der Waals surface area contributed by atoms with Gasteiger partial charge in [-0.3, -0.25) is 15.6 Å². The van der Waals surface area contributed by atoms with Gasteiger partial charge < -0.3 is 10.1 Å². The number of hydrogen-bond acceptors (Lipinski definition) is 4. The van der Waals surface area contributed by atoms with Crippen LogP contribution in [0.3, 0.4) is 0 Å². The van der Waals surface area contributed by atoms with Crippen molar-refractivity contribution in [1.82, 2.24) is 10.9 Å². The maximum atomic E-state index is 13.4. The Morgan fingerprint density at radius 2 is 2.12 bits per heavy atom. The molecular weight excluding hydrogens is 321 g/mol. The zero-order valence-electron chi connectivity index (χ0n) is 13.9. The number of carbonyl (C=O) groups is 1. The molecule has 3 N–H and O–H groups in total. The third kappa shape index (κ3) is 5.01. The molecule has 1 saturated heterocycles. The molecule has 0 bridgehead atoms. The summed E-state index contributed by atoms with van der Waals surface area (Å²) in [4.78, 5) is 12.1. The summed E-state index contributed by atoms with van der Waals surface area (Å²) in [7, 11) is 0. The van der Waals surface area contributed by atoms with Gasteiger partial charge in [-0.15, -0.1) is 0 Å². The number of hydrogen-bond donors (Lipinski definition) is 3. The van der Waals surface area contributed by atoms with E-state index in [4.69, 9.17) is 4.74 Å². The van der Waals surface area contributed by atoms with E-state index in [1.165, 1.54) is 6.07 Å². The van der Waals surface area contributed by atoms with Crippen molar-refractivity contribution in [2.45, 2.75) is 25.3 Å². The lowest BCUT2D eigenvalue weighted by molar-refractivity contribution is -0.116. The van der Waals surface area contributed by atoms with Gasteiger partial charge in [0.15, 0.2) is 11.6 Å². The van der Waals surface area contributed by atoms with Gasteiger partial charge in [0.2, 0.25) is 5.91 Å². The summed E-state index contributed by atoms with van der Waals surface area (Å²) in [6, 6.07) is 14.4. The van der Waals surface area contributed by atoms with Gasteiger partial charge in [0.1, 0.15) is 0 Å². The van der Waals surface area contributed by atoms with Gasteiger partial charge in [-0.1, -0.05) is 24.3 Å². The minimum atomic E-state index is -0.390. The van der Waals surface area contributed by atoms with Crippen molar-refractivity contribution in [3.05, 3.63) is 59.9 Å². The number of amides is 1. The minimum absolute atomic E-state index is 0.0770. The third-order valence-corrected chi connectivity index (χ3v) is 4.05. The molecule has 0 aliphatic carbocycles. The first kappa shape index (κ1) is 17.4. The van der Waals surface area contributed by atoms with Crippen LogP contribution in [-0.2, 0) is 4.79 Å². The molecule has 25 heavy (non-hydrogen) atoms. The maximum Gasteiger partial charge on any atom is 0.224 e. The summed E-state index contributed by atoms with van der Waals surface area (Å²) in [6.45, 7) is 1.23. The molecule has 1 aliphatic rings. The second-order valence-electron chi connectivity index (χ2n) is 5.97. The summed E-state index contributed by atoms with van der Waals surface area (Å²) in [5.74, 6) is -0.251. The fourth-order valence-corrected chi connectivity index (χ4v) is 2.77. The standard InChI is InChI=1S/C19H22FN3O2/c20-16-7-1-2-8-18(16)25-12-4-9-19(24)22-15-6-3-5-14(13-15)17-10-11-21-23-17/h1-3,5-8,13,17,21,23H,4,9-12H2,(H,22,24). The van der Waals surface area contributed by atoms with E-state index in [9.17, 15) is 9.18 Å². The van der Waals surface area contributed by atoms with E-state index in [1.807, 2.05) is 24.3 Å². The van der Waals surface area contributed by atoms with Crippen LogP contribution in [0.2, 0.25) is 0 Å². The van der Waals surface area contributed by atoms with Crippen LogP contribution in [0.15, 0.2) is 48.5 Å². The number of halogens is 1. The van der Waals surface area contributed by atoms with Crippen molar-refractivity contribution >= 4 is 11.6 Å². The monoisotopic (exact) mass is 343 g/mol. The van der Waals surface area contributed by atoms with Gasteiger partial charge in [0, 0.05) is 24.7 Å². The van der Waals surface area contributed by atoms with Gasteiger partial charge in [-0.05, 0) is 42.7 Å². The highest BCUT2D eigenvalue weighted by Crippen LogP contribution is 2.22. The Hall–Kier alpha value is -2.44. The van der Waals surface area contributed by atoms with E-state index >= 15 is 0 Å². The second-order valence-corrected chi connectivity index (χ2v) is 5.97. The van der Waals surface area contributed by atoms with Gasteiger partial charge in [0.25, 0.3) is 0 Å². The molecule has 6 heteroatoms.